The summed E-state index contributed by atoms with van der Waals surface area (Å²) in [6.07, 6.45) is 4.25. The van der Waals surface area contributed by atoms with Gasteiger partial charge in [-0.3, -0.25) is 14.4 Å². The molecule has 0 spiro atoms. The Labute approximate surface area is 123 Å². The zero-order chi connectivity index (χ0) is 15.4. The van der Waals surface area contributed by atoms with Gasteiger partial charge in [0.05, 0.1) is 5.92 Å². The third-order valence-corrected chi connectivity index (χ3v) is 4.30. The lowest BCUT2D eigenvalue weighted by Crippen LogP contribution is -2.51. The minimum absolute atomic E-state index is 0.0542. The number of ether oxygens (including phenoxy) is 1. The highest BCUT2D eigenvalue weighted by atomic mass is 16.8. The largest absolute Gasteiger partial charge is 0.534 e. The van der Waals surface area contributed by atoms with Crippen molar-refractivity contribution in [3.8, 4) is 0 Å². The molecule has 0 N–H and O–H groups in total. The molecule has 6 heteroatoms. The fraction of sp³-hybridized carbons (Fsp3) is 0.667. The summed E-state index contributed by atoms with van der Waals surface area (Å²) in [4.78, 5) is 41.0. The van der Waals surface area contributed by atoms with Crippen LogP contribution in [0.3, 0.4) is 0 Å². The fourth-order valence-electron chi connectivity index (χ4n) is 3.55. The fourth-order valence-corrected chi connectivity index (χ4v) is 3.55. The van der Waals surface area contributed by atoms with Gasteiger partial charge in [0.2, 0.25) is 0 Å². The van der Waals surface area contributed by atoms with Crippen molar-refractivity contribution >= 4 is 18.0 Å². The van der Waals surface area contributed by atoms with Crippen LogP contribution in [-0.2, 0) is 19.2 Å². The number of imide groups is 1. The second-order valence-corrected chi connectivity index (χ2v) is 6.92. The predicted octanol–water partition coefficient (Wildman–Crippen LogP) is 2.05. The van der Waals surface area contributed by atoms with Crippen LogP contribution in [0, 0.1) is 23.7 Å². The average molecular weight is 293 g/mol. The molecule has 114 valence electrons. The normalized spacial score (nSPS) is 34.1. The van der Waals surface area contributed by atoms with Gasteiger partial charge in [-0.1, -0.05) is 17.2 Å². The third kappa shape index (κ3) is 2.43. The van der Waals surface area contributed by atoms with E-state index in [9.17, 15) is 14.4 Å². The Morgan fingerprint density at radius 3 is 2.57 bits per heavy atom. The number of hydrogen-bond acceptors (Lipinski definition) is 5. The Morgan fingerprint density at radius 2 is 1.90 bits per heavy atom. The number of rotatable bonds is 1. The van der Waals surface area contributed by atoms with Crippen LogP contribution in [0.2, 0.25) is 0 Å². The van der Waals surface area contributed by atoms with Gasteiger partial charge in [-0.2, -0.15) is 0 Å². The maximum atomic E-state index is 12.4. The molecule has 3 aliphatic rings. The van der Waals surface area contributed by atoms with Crippen molar-refractivity contribution in [2.45, 2.75) is 39.2 Å². The van der Waals surface area contributed by atoms with E-state index < -0.39 is 23.6 Å². The van der Waals surface area contributed by atoms with Gasteiger partial charge in [0.25, 0.3) is 11.8 Å². The van der Waals surface area contributed by atoms with Crippen molar-refractivity contribution in [3.05, 3.63) is 12.2 Å². The first-order valence-electron chi connectivity index (χ1n) is 7.22. The van der Waals surface area contributed by atoms with E-state index in [-0.39, 0.29) is 24.2 Å². The highest BCUT2D eigenvalue weighted by molar-refractivity contribution is 5.99. The summed E-state index contributed by atoms with van der Waals surface area (Å²) < 4.78 is 4.99. The number of carbonyl (C=O) groups is 3. The Hall–Kier alpha value is -1.85. The average Bonchev–Trinajstić information content (AvgIpc) is 2.92. The molecule has 3 rings (SSSR count). The molecule has 1 saturated heterocycles. The zero-order valence-corrected chi connectivity index (χ0v) is 12.4. The van der Waals surface area contributed by atoms with E-state index in [0.717, 1.165) is 6.42 Å². The summed E-state index contributed by atoms with van der Waals surface area (Å²) in [5, 5.41) is 0.601. The Balaban J connectivity index is 1.72. The van der Waals surface area contributed by atoms with E-state index in [0.29, 0.717) is 11.0 Å². The minimum Gasteiger partial charge on any atom is -0.427 e. The molecular weight excluding hydrogens is 274 g/mol. The van der Waals surface area contributed by atoms with E-state index in [1.54, 1.807) is 20.8 Å². The number of hydrogen-bond donors (Lipinski definition) is 0. The first kappa shape index (κ1) is 14.1. The van der Waals surface area contributed by atoms with Crippen molar-refractivity contribution in [3.63, 3.8) is 0 Å². The van der Waals surface area contributed by atoms with Gasteiger partial charge in [-0.25, -0.2) is 4.79 Å². The van der Waals surface area contributed by atoms with E-state index in [1.807, 2.05) is 6.08 Å². The number of fused-ring (bicyclic) bond motifs is 5. The van der Waals surface area contributed by atoms with Crippen LogP contribution in [0.15, 0.2) is 12.2 Å². The molecule has 0 aromatic rings. The van der Waals surface area contributed by atoms with E-state index >= 15 is 0 Å². The van der Waals surface area contributed by atoms with Crippen LogP contribution in [-0.4, -0.2) is 28.6 Å². The third-order valence-electron chi connectivity index (χ3n) is 4.30. The molecular formula is C15H19NO5. The first-order chi connectivity index (χ1) is 9.76. The quantitative estimate of drug-likeness (QED) is 0.420. The second kappa shape index (κ2) is 4.58. The molecule has 0 radical (unpaired) electrons. The zero-order valence-electron chi connectivity index (χ0n) is 12.4. The number of piperidine rings is 1. The van der Waals surface area contributed by atoms with E-state index in [4.69, 9.17) is 9.57 Å². The lowest BCUT2D eigenvalue weighted by Gasteiger charge is -2.35. The van der Waals surface area contributed by atoms with Gasteiger partial charge in [0.1, 0.15) is 5.60 Å². The van der Waals surface area contributed by atoms with Crippen molar-refractivity contribution in [2.75, 3.05) is 0 Å². The van der Waals surface area contributed by atoms with Gasteiger partial charge >= 0.3 is 6.16 Å². The molecule has 6 nitrogen and oxygen atoms in total. The molecule has 2 amide bonds. The molecule has 4 atom stereocenters. The second-order valence-electron chi connectivity index (χ2n) is 6.92. The molecule has 2 bridgehead atoms. The van der Waals surface area contributed by atoms with Crippen LogP contribution in [0.5, 0.6) is 0 Å². The van der Waals surface area contributed by atoms with Gasteiger partial charge in [0.15, 0.2) is 0 Å². The standard InChI is InChI=1S/C15H19NO5/c1-15(2,3)20-14(19)21-16-11(17)7-10-8-4-5-9(6-8)12(10)13(16)18/h4-5,8-10,12H,6-7H2,1-3H3/t8?,9?,10-,12+/m1/s1. The van der Waals surface area contributed by atoms with Gasteiger partial charge in [-0.05, 0) is 44.9 Å². The number of amides is 2. The highest BCUT2D eigenvalue weighted by Crippen LogP contribution is 2.52. The van der Waals surface area contributed by atoms with Gasteiger partial charge < -0.3 is 4.74 Å². The molecule has 2 unspecified atom stereocenters. The summed E-state index contributed by atoms with van der Waals surface area (Å²) in [5.41, 5.74) is -0.739. The SMILES string of the molecule is CC(C)(C)OC(=O)ON1C(=O)C[C@@H]2C3C=CC(C3)[C@@H]2C1=O. The van der Waals surface area contributed by atoms with Crippen molar-refractivity contribution in [2.24, 2.45) is 23.7 Å². The predicted molar refractivity (Wildman–Crippen MR) is 71.5 cm³/mol. The van der Waals surface area contributed by atoms with Crippen LogP contribution >= 0.6 is 0 Å². The molecule has 1 saturated carbocycles. The van der Waals surface area contributed by atoms with E-state index in [2.05, 4.69) is 6.08 Å². The monoisotopic (exact) mass is 293 g/mol. The van der Waals surface area contributed by atoms with Gasteiger partial charge in [-0.15, -0.1) is 0 Å². The minimum atomic E-state index is -1.03. The Morgan fingerprint density at radius 1 is 1.24 bits per heavy atom. The van der Waals surface area contributed by atoms with Crippen LogP contribution in [0.4, 0.5) is 4.79 Å². The topological polar surface area (TPSA) is 72.9 Å². The highest BCUT2D eigenvalue weighted by Gasteiger charge is 2.55. The lowest BCUT2D eigenvalue weighted by molar-refractivity contribution is -0.198. The Kier molecular flexibility index (Phi) is 3.07. The summed E-state index contributed by atoms with van der Waals surface area (Å²) in [7, 11) is 0. The number of carbonyl (C=O) groups excluding carboxylic acids is 3. The molecule has 2 aliphatic carbocycles. The molecule has 21 heavy (non-hydrogen) atoms. The number of allylic oxidation sites excluding steroid dienone is 2. The lowest BCUT2D eigenvalue weighted by atomic mass is 9.78. The number of hydroxylamine groups is 2. The molecule has 1 heterocycles. The van der Waals surface area contributed by atoms with E-state index in [1.165, 1.54) is 0 Å². The van der Waals surface area contributed by atoms with Crippen LogP contribution in [0.25, 0.3) is 0 Å². The van der Waals surface area contributed by atoms with Crippen LogP contribution < -0.4 is 0 Å². The van der Waals surface area contributed by atoms with Crippen molar-refractivity contribution < 1.29 is 24.0 Å². The van der Waals surface area contributed by atoms with Crippen molar-refractivity contribution in [1.29, 1.82) is 0 Å². The molecule has 2 fully saturated rings. The van der Waals surface area contributed by atoms with Gasteiger partial charge in [0, 0.05) is 6.42 Å². The molecule has 0 aromatic carbocycles. The maximum Gasteiger partial charge on any atom is 0.534 e. The first-order valence-corrected chi connectivity index (χ1v) is 7.22. The summed E-state index contributed by atoms with van der Waals surface area (Å²) in [6.45, 7) is 5.06. The van der Waals surface area contributed by atoms with Crippen molar-refractivity contribution in [1.82, 2.24) is 5.06 Å². The Bertz CT molecular complexity index is 533. The van der Waals surface area contributed by atoms with Crippen LogP contribution in [0.1, 0.15) is 33.6 Å². The maximum absolute atomic E-state index is 12.4. The summed E-state index contributed by atoms with van der Waals surface area (Å²) in [6, 6.07) is 0. The number of nitrogens with zero attached hydrogens (tertiary/aromatic N) is 1. The molecule has 0 aromatic heterocycles. The smallest absolute Gasteiger partial charge is 0.427 e. The summed E-state index contributed by atoms with van der Waals surface area (Å²) >= 11 is 0. The summed E-state index contributed by atoms with van der Waals surface area (Å²) in [5.74, 6) is -0.618. The molecule has 1 aliphatic heterocycles.